The van der Waals surface area contributed by atoms with E-state index in [4.69, 9.17) is 9.16 Å². The Morgan fingerprint density at radius 3 is 2.50 bits per heavy atom. The SMILES string of the molecule is COC(=O)c1ccc(CCC[C@H]2C(=O)CC(O[Si](C)(C)C(C)(C)C)[C@@H]2C#Cc2ccccc2)s1. The van der Waals surface area contributed by atoms with E-state index in [0.717, 1.165) is 29.7 Å². The molecule has 1 aromatic heterocycles. The molecule has 1 fully saturated rings. The Hall–Kier alpha value is -2.20. The van der Waals surface area contributed by atoms with E-state index in [1.54, 1.807) is 0 Å². The zero-order valence-corrected chi connectivity index (χ0v) is 23.0. The lowest BCUT2D eigenvalue weighted by Crippen LogP contribution is -2.45. The third-order valence-corrected chi connectivity index (χ3v) is 12.7. The van der Waals surface area contributed by atoms with Gasteiger partial charge in [0.05, 0.1) is 19.1 Å². The summed E-state index contributed by atoms with van der Waals surface area (Å²) in [6, 6.07) is 13.7. The molecule has 1 unspecified atom stereocenters. The lowest BCUT2D eigenvalue weighted by Gasteiger charge is -2.39. The smallest absolute Gasteiger partial charge is 0.348 e. The van der Waals surface area contributed by atoms with E-state index in [9.17, 15) is 9.59 Å². The molecule has 0 aliphatic heterocycles. The fourth-order valence-corrected chi connectivity index (χ4v) is 6.36. The highest BCUT2D eigenvalue weighted by Crippen LogP contribution is 2.42. The van der Waals surface area contributed by atoms with Crippen LogP contribution in [0.2, 0.25) is 18.1 Å². The average Bonchev–Trinajstić information content (AvgIpc) is 3.36. The fourth-order valence-electron chi connectivity index (χ4n) is 4.05. The lowest BCUT2D eigenvalue weighted by atomic mass is 9.89. The number of ketones is 1. The highest BCUT2D eigenvalue weighted by molar-refractivity contribution is 7.13. The number of rotatable bonds is 7. The number of Topliss-reactive ketones (excluding diaryl/α,β-unsaturated/α-hetero) is 1. The molecule has 0 N–H and O–H groups in total. The van der Waals surface area contributed by atoms with Crippen molar-refractivity contribution in [3.8, 4) is 11.8 Å². The van der Waals surface area contributed by atoms with Crippen molar-refractivity contribution < 1.29 is 18.8 Å². The predicted molar refractivity (Wildman–Crippen MR) is 141 cm³/mol. The monoisotopic (exact) mass is 496 g/mol. The van der Waals surface area contributed by atoms with Crippen LogP contribution in [0.4, 0.5) is 0 Å². The van der Waals surface area contributed by atoms with Gasteiger partial charge in [-0.3, -0.25) is 4.79 Å². The van der Waals surface area contributed by atoms with Gasteiger partial charge in [-0.2, -0.15) is 0 Å². The second-order valence-electron chi connectivity index (χ2n) is 10.5. The molecule has 34 heavy (non-hydrogen) atoms. The Kier molecular flexibility index (Phi) is 8.56. The third kappa shape index (κ3) is 6.47. The topological polar surface area (TPSA) is 52.6 Å². The Balaban J connectivity index is 1.75. The summed E-state index contributed by atoms with van der Waals surface area (Å²) in [5.41, 5.74) is 0.959. The van der Waals surface area contributed by atoms with Gasteiger partial charge < -0.3 is 9.16 Å². The predicted octanol–water partition coefficient (Wildman–Crippen LogP) is 6.50. The van der Waals surface area contributed by atoms with Crippen molar-refractivity contribution in [1.29, 1.82) is 0 Å². The second kappa shape index (κ2) is 11.0. The van der Waals surface area contributed by atoms with E-state index >= 15 is 0 Å². The molecule has 2 aromatic rings. The molecule has 1 aromatic carbocycles. The van der Waals surface area contributed by atoms with Crippen LogP contribution in [0, 0.1) is 23.7 Å². The number of methoxy groups -OCH3 is 1. The Bertz CT molecular complexity index is 1060. The van der Waals surface area contributed by atoms with Gasteiger partial charge in [-0.05, 0) is 61.7 Å². The number of hydrogen-bond acceptors (Lipinski definition) is 5. The third-order valence-electron chi connectivity index (χ3n) is 7.05. The van der Waals surface area contributed by atoms with Crippen molar-refractivity contribution in [1.82, 2.24) is 0 Å². The minimum atomic E-state index is -2.04. The summed E-state index contributed by atoms with van der Waals surface area (Å²) in [5, 5.41) is 0.0715. The number of esters is 1. The molecule has 3 atom stereocenters. The van der Waals surface area contributed by atoms with Crippen LogP contribution in [0.5, 0.6) is 0 Å². The zero-order valence-electron chi connectivity index (χ0n) is 21.1. The highest BCUT2D eigenvalue weighted by Gasteiger charge is 2.47. The largest absolute Gasteiger partial charge is 0.465 e. The molecule has 1 aliphatic carbocycles. The maximum Gasteiger partial charge on any atom is 0.348 e. The quantitative estimate of drug-likeness (QED) is 0.249. The number of aryl methyl sites for hydroxylation is 1. The first-order chi connectivity index (χ1) is 16.0. The molecule has 1 aliphatic rings. The molecule has 0 bridgehead atoms. The minimum absolute atomic E-state index is 0.0715. The first-order valence-electron chi connectivity index (χ1n) is 12.0. The van der Waals surface area contributed by atoms with E-state index in [1.165, 1.54) is 18.4 Å². The van der Waals surface area contributed by atoms with Gasteiger partial charge in [-0.15, -0.1) is 11.3 Å². The van der Waals surface area contributed by atoms with Gasteiger partial charge in [0.15, 0.2) is 8.32 Å². The van der Waals surface area contributed by atoms with Gasteiger partial charge in [0, 0.05) is 22.8 Å². The summed E-state index contributed by atoms with van der Waals surface area (Å²) in [6.07, 6.45) is 2.76. The van der Waals surface area contributed by atoms with Crippen LogP contribution in [0.1, 0.15) is 60.1 Å². The number of hydrogen-bond donors (Lipinski definition) is 0. The summed E-state index contributed by atoms with van der Waals surface area (Å²) in [6.45, 7) is 11.1. The van der Waals surface area contributed by atoms with E-state index in [1.807, 2.05) is 42.5 Å². The number of carbonyl (C=O) groups excluding carboxylic acids is 2. The van der Waals surface area contributed by atoms with Crippen LogP contribution >= 0.6 is 11.3 Å². The maximum atomic E-state index is 13.1. The van der Waals surface area contributed by atoms with E-state index in [-0.39, 0.29) is 34.7 Å². The van der Waals surface area contributed by atoms with E-state index < -0.39 is 8.32 Å². The van der Waals surface area contributed by atoms with Crippen LogP contribution < -0.4 is 0 Å². The van der Waals surface area contributed by atoms with Crippen molar-refractivity contribution in [2.24, 2.45) is 11.8 Å². The zero-order chi connectivity index (χ0) is 24.9. The molecule has 0 saturated heterocycles. The lowest BCUT2D eigenvalue weighted by molar-refractivity contribution is -0.121. The van der Waals surface area contributed by atoms with Gasteiger partial charge in [-0.1, -0.05) is 50.8 Å². The maximum absolute atomic E-state index is 13.1. The minimum Gasteiger partial charge on any atom is -0.465 e. The van der Waals surface area contributed by atoms with Crippen LogP contribution in [0.15, 0.2) is 42.5 Å². The molecule has 0 spiro atoms. The van der Waals surface area contributed by atoms with Gasteiger partial charge in [0.1, 0.15) is 10.7 Å². The number of benzene rings is 1. The molecule has 1 saturated carbocycles. The van der Waals surface area contributed by atoms with Gasteiger partial charge in [-0.25, -0.2) is 4.79 Å². The molecule has 0 amide bonds. The van der Waals surface area contributed by atoms with Gasteiger partial charge in [0.2, 0.25) is 0 Å². The second-order valence-corrected chi connectivity index (χ2v) is 16.4. The van der Waals surface area contributed by atoms with Crippen molar-refractivity contribution in [3.05, 3.63) is 57.8 Å². The molecular formula is C28H36O4SSi. The number of ether oxygens (including phenoxy) is 1. The standard InChI is InChI=1S/C28H36O4SSi/c1-28(2,3)34(5,6)32-25-19-24(29)22(23(25)17-15-20-11-8-7-9-12-20)14-10-13-21-16-18-26(33-21)27(30)31-4/h7-9,11-12,16,18,22-23,25H,10,13-14,19H2,1-6H3/t22-,23-,25?/m1/s1. The van der Waals surface area contributed by atoms with Crippen LogP contribution in [0.3, 0.4) is 0 Å². The van der Waals surface area contributed by atoms with Gasteiger partial charge in [0.25, 0.3) is 0 Å². The van der Waals surface area contributed by atoms with E-state index in [0.29, 0.717) is 11.3 Å². The number of carbonyl (C=O) groups is 2. The van der Waals surface area contributed by atoms with Crippen molar-refractivity contribution in [3.63, 3.8) is 0 Å². The first-order valence-corrected chi connectivity index (χ1v) is 15.7. The molecule has 0 radical (unpaired) electrons. The van der Waals surface area contributed by atoms with Crippen LogP contribution in [-0.4, -0.2) is 33.3 Å². The Morgan fingerprint density at radius 2 is 1.85 bits per heavy atom. The summed E-state index contributed by atoms with van der Waals surface area (Å²) in [7, 11) is -0.642. The molecule has 3 rings (SSSR count). The molecule has 1 heterocycles. The average molecular weight is 497 g/mol. The first kappa shape index (κ1) is 26.4. The Labute approximate surface area is 209 Å². The normalized spacial score (nSPS) is 20.6. The van der Waals surface area contributed by atoms with Gasteiger partial charge >= 0.3 is 5.97 Å². The van der Waals surface area contributed by atoms with Crippen molar-refractivity contribution in [2.75, 3.05) is 7.11 Å². The molecular weight excluding hydrogens is 460 g/mol. The molecule has 182 valence electrons. The summed E-state index contributed by atoms with van der Waals surface area (Å²) in [5.74, 6) is 6.49. The summed E-state index contributed by atoms with van der Waals surface area (Å²) < 4.78 is 11.5. The Morgan fingerprint density at radius 1 is 1.15 bits per heavy atom. The van der Waals surface area contributed by atoms with Crippen molar-refractivity contribution >= 4 is 31.4 Å². The summed E-state index contributed by atoms with van der Waals surface area (Å²) >= 11 is 1.46. The summed E-state index contributed by atoms with van der Waals surface area (Å²) in [4.78, 5) is 26.6. The number of thiophene rings is 1. The van der Waals surface area contributed by atoms with E-state index in [2.05, 4.69) is 45.7 Å². The van der Waals surface area contributed by atoms with Crippen molar-refractivity contribution in [2.45, 2.75) is 70.7 Å². The molecule has 6 heteroatoms. The van der Waals surface area contributed by atoms with Crippen LogP contribution in [0.25, 0.3) is 0 Å². The van der Waals surface area contributed by atoms with Crippen LogP contribution in [-0.2, 0) is 20.4 Å². The molecule has 4 nitrogen and oxygen atoms in total. The highest BCUT2D eigenvalue weighted by atomic mass is 32.1. The fraction of sp³-hybridized carbons (Fsp3) is 0.500.